The zero-order valence-electron chi connectivity index (χ0n) is 21.1. The van der Waals surface area contributed by atoms with Gasteiger partial charge in [-0.3, -0.25) is 19.3 Å². The molecule has 2 aliphatic rings. The molecule has 36 heavy (non-hydrogen) atoms. The molecule has 2 atom stereocenters. The molecule has 8 heteroatoms. The number of ether oxygens (including phenoxy) is 1. The van der Waals surface area contributed by atoms with Gasteiger partial charge in [-0.05, 0) is 61.7 Å². The third-order valence-electron chi connectivity index (χ3n) is 7.32. The molecule has 1 N–H and O–H groups in total. The van der Waals surface area contributed by atoms with Crippen LogP contribution in [0.25, 0.3) is 0 Å². The van der Waals surface area contributed by atoms with Crippen molar-refractivity contribution in [1.82, 2.24) is 15.1 Å². The SMILES string of the molecule is CCc1ccc(C(=O)N2CCC3(CC2)OCC(C(=O)NC(C)CC)N3C(=O)c2ccc(F)cc2)cc1. The number of carbonyl (C=O) groups is 3. The van der Waals surface area contributed by atoms with Crippen molar-refractivity contribution < 1.29 is 23.5 Å². The highest BCUT2D eigenvalue weighted by Crippen LogP contribution is 2.39. The van der Waals surface area contributed by atoms with Crippen molar-refractivity contribution in [1.29, 1.82) is 0 Å². The Morgan fingerprint density at radius 2 is 1.58 bits per heavy atom. The quantitative estimate of drug-likeness (QED) is 0.662. The van der Waals surface area contributed by atoms with Gasteiger partial charge in [0.2, 0.25) is 5.91 Å². The van der Waals surface area contributed by atoms with E-state index in [9.17, 15) is 18.8 Å². The summed E-state index contributed by atoms with van der Waals surface area (Å²) in [6.07, 6.45) is 2.42. The summed E-state index contributed by atoms with van der Waals surface area (Å²) in [4.78, 5) is 43.2. The average Bonchev–Trinajstić information content (AvgIpc) is 3.27. The van der Waals surface area contributed by atoms with Gasteiger partial charge in [0.1, 0.15) is 17.6 Å². The average molecular weight is 496 g/mol. The van der Waals surface area contributed by atoms with Crippen LogP contribution in [-0.4, -0.2) is 65.0 Å². The van der Waals surface area contributed by atoms with Gasteiger partial charge in [0.15, 0.2) is 0 Å². The first-order chi connectivity index (χ1) is 17.3. The summed E-state index contributed by atoms with van der Waals surface area (Å²) in [5, 5.41) is 2.96. The summed E-state index contributed by atoms with van der Waals surface area (Å²) in [5.41, 5.74) is 1.07. The number of hydrogen-bond donors (Lipinski definition) is 1. The number of amides is 3. The van der Waals surface area contributed by atoms with Crippen molar-refractivity contribution in [3.05, 3.63) is 71.0 Å². The van der Waals surface area contributed by atoms with Crippen LogP contribution in [-0.2, 0) is 16.0 Å². The molecule has 7 nitrogen and oxygen atoms in total. The lowest BCUT2D eigenvalue weighted by Gasteiger charge is -2.44. The zero-order valence-corrected chi connectivity index (χ0v) is 21.1. The van der Waals surface area contributed by atoms with Gasteiger partial charge in [0.05, 0.1) is 6.61 Å². The van der Waals surface area contributed by atoms with E-state index in [1.54, 1.807) is 4.90 Å². The van der Waals surface area contributed by atoms with Crippen molar-refractivity contribution in [2.24, 2.45) is 0 Å². The Morgan fingerprint density at radius 3 is 2.17 bits per heavy atom. The van der Waals surface area contributed by atoms with Crippen LogP contribution in [0.3, 0.4) is 0 Å². The first-order valence-electron chi connectivity index (χ1n) is 12.7. The fourth-order valence-corrected chi connectivity index (χ4v) is 4.86. The Kier molecular flexibility index (Phi) is 7.73. The Labute approximate surface area is 211 Å². The van der Waals surface area contributed by atoms with Crippen molar-refractivity contribution in [2.45, 2.75) is 64.3 Å². The number of halogens is 1. The highest BCUT2D eigenvalue weighted by Gasteiger charge is 2.54. The predicted molar refractivity (Wildman–Crippen MR) is 134 cm³/mol. The van der Waals surface area contributed by atoms with Crippen LogP contribution in [0.1, 0.15) is 66.3 Å². The summed E-state index contributed by atoms with van der Waals surface area (Å²) < 4.78 is 19.7. The molecule has 4 rings (SSSR count). The van der Waals surface area contributed by atoms with Crippen LogP contribution < -0.4 is 5.32 Å². The highest BCUT2D eigenvalue weighted by molar-refractivity contribution is 5.98. The standard InChI is InChI=1S/C28H34FN3O4/c1-4-19(3)30-25(33)24-18-36-28(32(24)27(35)22-10-12-23(29)13-11-22)14-16-31(17-15-28)26(34)21-8-6-20(5-2)7-9-21/h6-13,19,24H,4-5,14-18H2,1-3H3,(H,30,33). The Balaban J connectivity index is 1.55. The second-order valence-electron chi connectivity index (χ2n) is 9.62. The summed E-state index contributed by atoms with van der Waals surface area (Å²) in [6, 6.07) is 12.1. The first-order valence-corrected chi connectivity index (χ1v) is 12.7. The minimum atomic E-state index is -1.01. The van der Waals surface area contributed by atoms with Crippen molar-refractivity contribution in [3.8, 4) is 0 Å². The monoisotopic (exact) mass is 495 g/mol. The second kappa shape index (κ2) is 10.8. The molecule has 0 bridgehead atoms. The van der Waals surface area contributed by atoms with Gasteiger partial charge < -0.3 is 15.0 Å². The number of hydrogen-bond acceptors (Lipinski definition) is 4. The van der Waals surface area contributed by atoms with E-state index in [0.29, 0.717) is 31.5 Å². The molecule has 0 radical (unpaired) electrons. The Morgan fingerprint density at radius 1 is 1.00 bits per heavy atom. The van der Waals surface area contributed by atoms with E-state index >= 15 is 0 Å². The summed E-state index contributed by atoms with van der Waals surface area (Å²) in [6.45, 7) is 6.80. The fraction of sp³-hybridized carbons (Fsp3) is 0.464. The number of benzene rings is 2. The molecule has 192 valence electrons. The topological polar surface area (TPSA) is 79.0 Å². The highest BCUT2D eigenvalue weighted by atomic mass is 19.1. The van der Waals surface area contributed by atoms with Gasteiger partial charge in [-0.25, -0.2) is 4.39 Å². The van der Waals surface area contributed by atoms with E-state index in [4.69, 9.17) is 4.74 Å². The van der Waals surface area contributed by atoms with E-state index in [1.165, 1.54) is 34.7 Å². The number of nitrogens with zero attached hydrogens (tertiary/aromatic N) is 2. The Hall–Kier alpha value is -3.26. The molecule has 0 aromatic heterocycles. The molecule has 1 spiro atoms. The van der Waals surface area contributed by atoms with Crippen LogP contribution in [0.5, 0.6) is 0 Å². The molecule has 0 saturated carbocycles. The number of aryl methyl sites for hydroxylation is 1. The van der Waals surface area contributed by atoms with Gasteiger partial charge in [-0.1, -0.05) is 26.0 Å². The second-order valence-corrected chi connectivity index (χ2v) is 9.62. The maximum atomic E-state index is 13.7. The van der Waals surface area contributed by atoms with Gasteiger partial charge in [0, 0.05) is 43.1 Å². The number of piperidine rings is 1. The third kappa shape index (κ3) is 5.14. The molecule has 2 aromatic rings. The maximum Gasteiger partial charge on any atom is 0.256 e. The fourth-order valence-electron chi connectivity index (χ4n) is 4.86. The first kappa shape index (κ1) is 25.8. The number of rotatable bonds is 6. The van der Waals surface area contributed by atoms with E-state index in [2.05, 4.69) is 12.2 Å². The summed E-state index contributed by atoms with van der Waals surface area (Å²) >= 11 is 0. The lowest BCUT2D eigenvalue weighted by Crippen LogP contribution is -2.60. The molecule has 3 amide bonds. The molecular weight excluding hydrogens is 461 g/mol. The minimum Gasteiger partial charge on any atom is -0.353 e. The van der Waals surface area contributed by atoms with Gasteiger partial charge in [-0.2, -0.15) is 0 Å². The van der Waals surface area contributed by atoms with E-state index in [1.807, 2.05) is 38.1 Å². The van der Waals surface area contributed by atoms with Gasteiger partial charge >= 0.3 is 0 Å². The van der Waals surface area contributed by atoms with Crippen LogP contribution in [0, 0.1) is 5.82 Å². The minimum absolute atomic E-state index is 0.0459. The molecule has 2 fully saturated rings. The lowest BCUT2D eigenvalue weighted by atomic mass is 9.96. The molecule has 2 unspecified atom stereocenters. The molecule has 2 aromatic carbocycles. The molecular formula is C28H34FN3O4. The smallest absolute Gasteiger partial charge is 0.256 e. The molecule has 2 saturated heterocycles. The van der Waals surface area contributed by atoms with Crippen molar-refractivity contribution >= 4 is 17.7 Å². The van der Waals surface area contributed by atoms with Crippen LogP contribution in [0.15, 0.2) is 48.5 Å². The van der Waals surface area contributed by atoms with E-state index < -0.39 is 17.6 Å². The third-order valence-corrected chi connectivity index (χ3v) is 7.32. The lowest BCUT2D eigenvalue weighted by molar-refractivity contribution is -0.128. The van der Waals surface area contributed by atoms with Crippen LogP contribution in [0.4, 0.5) is 4.39 Å². The maximum absolute atomic E-state index is 13.7. The van der Waals surface area contributed by atoms with Gasteiger partial charge in [0.25, 0.3) is 11.8 Å². The summed E-state index contributed by atoms with van der Waals surface area (Å²) in [5.74, 6) is -1.16. The molecule has 0 aliphatic carbocycles. The zero-order chi connectivity index (χ0) is 25.9. The van der Waals surface area contributed by atoms with Crippen LogP contribution >= 0.6 is 0 Å². The number of carbonyl (C=O) groups excluding carboxylic acids is 3. The number of likely N-dealkylation sites (tertiary alicyclic amines) is 1. The van der Waals surface area contributed by atoms with Crippen LogP contribution in [0.2, 0.25) is 0 Å². The van der Waals surface area contributed by atoms with E-state index in [0.717, 1.165) is 12.8 Å². The van der Waals surface area contributed by atoms with E-state index in [-0.39, 0.29) is 35.9 Å². The molecule has 2 heterocycles. The normalized spacial score (nSPS) is 19.8. The van der Waals surface area contributed by atoms with Gasteiger partial charge in [-0.15, -0.1) is 0 Å². The predicted octanol–water partition coefficient (Wildman–Crippen LogP) is 3.78. The Bertz CT molecular complexity index is 1090. The molecule has 2 aliphatic heterocycles. The number of nitrogens with one attached hydrogen (secondary N) is 1. The van der Waals surface area contributed by atoms with Crippen molar-refractivity contribution in [3.63, 3.8) is 0 Å². The largest absolute Gasteiger partial charge is 0.353 e. The van der Waals surface area contributed by atoms with Crippen molar-refractivity contribution in [2.75, 3.05) is 19.7 Å². The summed E-state index contributed by atoms with van der Waals surface area (Å²) in [7, 11) is 0.